The van der Waals surface area contributed by atoms with Gasteiger partial charge in [-0.05, 0) is 0 Å². The van der Waals surface area contributed by atoms with Crippen molar-refractivity contribution in [2.75, 3.05) is 7.11 Å². The summed E-state index contributed by atoms with van der Waals surface area (Å²) in [5.74, 6) is -0.309. The van der Waals surface area contributed by atoms with E-state index in [0.717, 1.165) is 0 Å². The molecule has 5 heteroatoms. The van der Waals surface area contributed by atoms with Crippen LogP contribution in [0.4, 0.5) is 0 Å². The van der Waals surface area contributed by atoms with E-state index in [1.165, 1.54) is 16.2 Å². The van der Waals surface area contributed by atoms with Crippen molar-refractivity contribution in [3.05, 3.63) is 22.9 Å². The third-order valence-electron chi connectivity index (χ3n) is 1.80. The number of hydrogen-bond acceptors (Lipinski definition) is 3. The molecule has 0 saturated carbocycles. The lowest BCUT2D eigenvalue weighted by Gasteiger charge is -1.99. The van der Waals surface area contributed by atoms with Crippen LogP contribution in [0, 0.1) is 0 Å². The summed E-state index contributed by atoms with van der Waals surface area (Å²) in [7, 11) is 2.99. The number of rotatable bonds is 3. The van der Waals surface area contributed by atoms with Gasteiger partial charge in [-0.15, -0.1) is 0 Å². The molecule has 1 heterocycles. The number of ether oxygens (including phenoxy) is 1. The van der Waals surface area contributed by atoms with Crippen LogP contribution >= 0.6 is 0 Å². The van der Waals surface area contributed by atoms with Gasteiger partial charge in [0.1, 0.15) is 0 Å². The highest BCUT2D eigenvalue weighted by atomic mass is 16.5. The predicted molar refractivity (Wildman–Crippen MR) is 46.3 cm³/mol. The first kappa shape index (κ1) is 9.57. The topological polar surface area (TPSA) is 53.2 Å². The molecule has 0 bridgehead atoms. The van der Waals surface area contributed by atoms with Crippen LogP contribution in [0.15, 0.2) is 17.2 Å². The average molecular weight is 184 g/mol. The van der Waals surface area contributed by atoms with Crippen LogP contribution in [-0.4, -0.2) is 22.2 Å². The molecule has 0 saturated heterocycles. The van der Waals surface area contributed by atoms with Crippen molar-refractivity contribution in [2.24, 2.45) is 7.05 Å². The van der Waals surface area contributed by atoms with E-state index >= 15 is 0 Å². The van der Waals surface area contributed by atoms with Crippen molar-refractivity contribution in [1.82, 2.24) is 9.13 Å². The maximum Gasteiger partial charge on any atom is 0.327 e. The van der Waals surface area contributed by atoms with Crippen molar-refractivity contribution in [2.45, 2.75) is 13.0 Å². The molecule has 1 aromatic heterocycles. The predicted octanol–water partition coefficient (Wildman–Crippen LogP) is -0.250. The summed E-state index contributed by atoms with van der Waals surface area (Å²) >= 11 is 0. The second-order valence-corrected chi connectivity index (χ2v) is 2.71. The summed E-state index contributed by atoms with van der Waals surface area (Å²) in [5.41, 5.74) is -0.121. The van der Waals surface area contributed by atoms with E-state index in [9.17, 15) is 9.59 Å². The molecular formula is C8H12N2O3. The fraction of sp³-hybridized carbons (Fsp3) is 0.500. The molecule has 1 rings (SSSR count). The van der Waals surface area contributed by atoms with E-state index < -0.39 is 0 Å². The number of aryl methyl sites for hydroxylation is 2. The summed E-state index contributed by atoms with van der Waals surface area (Å²) in [6.45, 7) is 0.367. The normalized spacial score (nSPS) is 10.0. The summed E-state index contributed by atoms with van der Waals surface area (Å²) in [4.78, 5) is 22.0. The fourth-order valence-electron chi connectivity index (χ4n) is 0.995. The minimum atomic E-state index is -0.309. The molecule has 0 amide bonds. The Morgan fingerprint density at radius 3 is 2.69 bits per heavy atom. The first-order valence-electron chi connectivity index (χ1n) is 3.93. The Kier molecular flexibility index (Phi) is 2.89. The molecule has 0 aliphatic carbocycles. The maximum atomic E-state index is 11.2. The Morgan fingerprint density at radius 1 is 1.54 bits per heavy atom. The zero-order valence-electron chi connectivity index (χ0n) is 7.69. The number of nitrogens with zero attached hydrogens (tertiary/aromatic N) is 2. The summed E-state index contributed by atoms with van der Waals surface area (Å²) in [6, 6.07) is 0. The molecule has 1 aromatic rings. The molecule has 0 aromatic carbocycles. The van der Waals surface area contributed by atoms with E-state index in [2.05, 4.69) is 4.74 Å². The highest BCUT2D eigenvalue weighted by Gasteiger charge is 2.03. The summed E-state index contributed by atoms with van der Waals surface area (Å²) in [6.07, 6.45) is 3.52. The van der Waals surface area contributed by atoms with Crippen LogP contribution in [0.1, 0.15) is 6.42 Å². The SMILES string of the molecule is COC(=O)CCn1ccn(C)c1=O. The van der Waals surface area contributed by atoms with Gasteiger partial charge in [0.25, 0.3) is 0 Å². The third kappa shape index (κ3) is 2.21. The molecule has 0 spiro atoms. The molecule has 0 radical (unpaired) electrons. The van der Waals surface area contributed by atoms with Crippen LogP contribution in [0.25, 0.3) is 0 Å². The molecule has 13 heavy (non-hydrogen) atoms. The van der Waals surface area contributed by atoms with Gasteiger partial charge in [0.05, 0.1) is 13.5 Å². The van der Waals surface area contributed by atoms with Crippen LogP contribution < -0.4 is 5.69 Å². The number of carbonyl (C=O) groups excluding carboxylic acids is 1. The van der Waals surface area contributed by atoms with Crippen LogP contribution in [-0.2, 0) is 23.1 Å². The van der Waals surface area contributed by atoms with Crippen LogP contribution in [0.2, 0.25) is 0 Å². The van der Waals surface area contributed by atoms with E-state index in [0.29, 0.717) is 6.54 Å². The highest BCUT2D eigenvalue weighted by molar-refractivity contribution is 5.68. The molecule has 0 aliphatic rings. The lowest BCUT2D eigenvalue weighted by molar-refractivity contribution is -0.140. The van der Waals surface area contributed by atoms with Gasteiger partial charge in [0.15, 0.2) is 0 Å². The first-order valence-corrected chi connectivity index (χ1v) is 3.93. The van der Waals surface area contributed by atoms with E-state index in [-0.39, 0.29) is 18.1 Å². The second-order valence-electron chi connectivity index (χ2n) is 2.71. The van der Waals surface area contributed by atoms with Crippen LogP contribution in [0.3, 0.4) is 0 Å². The van der Waals surface area contributed by atoms with Gasteiger partial charge in [0.2, 0.25) is 0 Å². The Labute approximate surface area is 75.5 Å². The molecule has 0 aliphatic heterocycles. The van der Waals surface area contributed by atoms with Gasteiger partial charge in [-0.3, -0.25) is 9.36 Å². The van der Waals surface area contributed by atoms with Gasteiger partial charge < -0.3 is 9.30 Å². The summed E-state index contributed by atoms with van der Waals surface area (Å²) < 4.78 is 7.38. The molecular weight excluding hydrogens is 172 g/mol. The number of esters is 1. The molecule has 0 atom stereocenters. The monoisotopic (exact) mass is 184 g/mol. The van der Waals surface area contributed by atoms with E-state index in [1.54, 1.807) is 19.4 Å². The van der Waals surface area contributed by atoms with Gasteiger partial charge >= 0.3 is 11.7 Å². The van der Waals surface area contributed by atoms with Gasteiger partial charge in [-0.1, -0.05) is 0 Å². The van der Waals surface area contributed by atoms with Gasteiger partial charge in [-0.25, -0.2) is 4.79 Å². The largest absolute Gasteiger partial charge is 0.469 e. The second kappa shape index (κ2) is 3.93. The van der Waals surface area contributed by atoms with Crippen molar-refractivity contribution >= 4 is 5.97 Å². The number of hydrogen-bond donors (Lipinski definition) is 0. The Morgan fingerprint density at radius 2 is 2.23 bits per heavy atom. The third-order valence-corrected chi connectivity index (χ3v) is 1.80. The van der Waals surface area contributed by atoms with E-state index in [1.807, 2.05) is 0 Å². The minimum Gasteiger partial charge on any atom is -0.469 e. The lowest BCUT2D eigenvalue weighted by atomic mass is 10.4. The van der Waals surface area contributed by atoms with E-state index in [4.69, 9.17) is 0 Å². The van der Waals surface area contributed by atoms with Gasteiger partial charge in [0, 0.05) is 26.0 Å². The first-order chi connectivity index (χ1) is 6.15. The number of methoxy groups -OCH3 is 1. The Balaban J connectivity index is 2.60. The highest BCUT2D eigenvalue weighted by Crippen LogP contribution is 1.89. The smallest absolute Gasteiger partial charge is 0.327 e. The van der Waals surface area contributed by atoms with Crippen molar-refractivity contribution < 1.29 is 9.53 Å². The molecule has 5 nitrogen and oxygen atoms in total. The molecule has 0 fully saturated rings. The molecule has 72 valence electrons. The standard InChI is InChI=1S/C8H12N2O3/c1-9-5-6-10(8(9)12)4-3-7(11)13-2/h5-6H,3-4H2,1-2H3. The Hall–Kier alpha value is -1.52. The van der Waals surface area contributed by atoms with Crippen molar-refractivity contribution in [3.8, 4) is 0 Å². The fourth-order valence-corrected chi connectivity index (χ4v) is 0.995. The minimum absolute atomic E-state index is 0.121. The number of aromatic nitrogens is 2. The molecule has 0 unspecified atom stereocenters. The zero-order chi connectivity index (χ0) is 9.84. The lowest BCUT2D eigenvalue weighted by Crippen LogP contribution is -2.23. The van der Waals surface area contributed by atoms with Crippen molar-refractivity contribution in [3.63, 3.8) is 0 Å². The zero-order valence-corrected chi connectivity index (χ0v) is 7.69. The maximum absolute atomic E-state index is 11.2. The van der Waals surface area contributed by atoms with Gasteiger partial charge in [-0.2, -0.15) is 0 Å². The van der Waals surface area contributed by atoms with Crippen molar-refractivity contribution in [1.29, 1.82) is 0 Å². The molecule has 0 N–H and O–H groups in total. The summed E-state index contributed by atoms with van der Waals surface area (Å²) in [5, 5.41) is 0. The Bertz CT molecular complexity index is 351. The number of imidazole rings is 1. The van der Waals surface area contributed by atoms with Crippen LogP contribution in [0.5, 0.6) is 0 Å². The average Bonchev–Trinajstić information content (AvgIpc) is 2.44. The number of carbonyl (C=O) groups is 1. The quantitative estimate of drug-likeness (QED) is 0.609.